The summed E-state index contributed by atoms with van der Waals surface area (Å²) < 4.78 is 0. The summed E-state index contributed by atoms with van der Waals surface area (Å²) in [7, 11) is 0. The molecule has 2 nitrogen and oxygen atoms in total. The van der Waals surface area contributed by atoms with E-state index in [9.17, 15) is 4.79 Å². The van der Waals surface area contributed by atoms with E-state index in [1.54, 1.807) is 17.5 Å². The zero-order valence-electron chi connectivity index (χ0n) is 9.31. The Morgan fingerprint density at radius 2 is 2.25 bits per heavy atom. The molecule has 0 saturated heterocycles. The SMILES string of the molecule is CC(C)c1sc(C=O)cc1-c1cccnc1. The molecule has 0 fully saturated rings. The lowest BCUT2D eigenvalue weighted by Crippen LogP contribution is -1.86. The van der Waals surface area contributed by atoms with Crippen molar-refractivity contribution in [3.8, 4) is 11.1 Å². The van der Waals surface area contributed by atoms with E-state index in [1.807, 2.05) is 24.4 Å². The second-order valence-corrected chi connectivity index (χ2v) is 5.06. The highest BCUT2D eigenvalue weighted by Gasteiger charge is 2.13. The average Bonchev–Trinajstić information content (AvgIpc) is 2.74. The number of rotatable bonds is 3. The lowest BCUT2D eigenvalue weighted by molar-refractivity contribution is 0.112. The van der Waals surface area contributed by atoms with Crippen molar-refractivity contribution >= 4 is 17.6 Å². The molecule has 0 saturated carbocycles. The number of aromatic nitrogens is 1. The van der Waals surface area contributed by atoms with Gasteiger partial charge in [0.25, 0.3) is 0 Å². The third kappa shape index (κ3) is 2.04. The molecular formula is C13H13NOS. The van der Waals surface area contributed by atoms with Crippen LogP contribution in [0.4, 0.5) is 0 Å². The van der Waals surface area contributed by atoms with Crippen LogP contribution in [-0.2, 0) is 0 Å². The highest BCUT2D eigenvalue weighted by atomic mass is 32.1. The molecule has 82 valence electrons. The van der Waals surface area contributed by atoms with Crippen LogP contribution in [-0.4, -0.2) is 11.3 Å². The Hall–Kier alpha value is -1.48. The Kier molecular flexibility index (Phi) is 3.15. The van der Waals surface area contributed by atoms with Crippen LogP contribution in [0.25, 0.3) is 11.1 Å². The minimum Gasteiger partial charge on any atom is -0.297 e. The van der Waals surface area contributed by atoms with Crippen LogP contribution >= 0.6 is 11.3 Å². The Labute approximate surface area is 99.0 Å². The van der Waals surface area contributed by atoms with Gasteiger partial charge in [-0.1, -0.05) is 19.9 Å². The monoisotopic (exact) mass is 231 g/mol. The maximum absolute atomic E-state index is 10.8. The van der Waals surface area contributed by atoms with E-state index in [-0.39, 0.29) is 0 Å². The van der Waals surface area contributed by atoms with E-state index in [0.717, 1.165) is 22.3 Å². The van der Waals surface area contributed by atoms with E-state index in [2.05, 4.69) is 18.8 Å². The molecule has 2 aromatic rings. The molecular weight excluding hydrogens is 218 g/mol. The van der Waals surface area contributed by atoms with Crippen molar-refractivity contribution < 1.29 is 4.79 Å². The number of carbonyl (C=O) groups excluding carboxylic acids is 1. The van der Waals surface area contributed by atoms with Crippen LogP contribution in [0.2, 0.25) is 0 Å². The molecule has 2 aromatic heterocycles. The van der Waals surface area contributed by atoms with E-state index in [1.165, 1.54) is 4.88 Å². The summed E-state index contributed by atoms with van der Waals surface area (Å²) in [4.78, 5) is 17.0. The normalized spacial score (nSPS) is 10.7. The molecule has 0 aliphatic heterocycles. The molecule has 16 heavy (non-hydrogen) atoms. The summed E-state index contributed by atoms with van der Waals surface area (Å²) in [6, 6.07) is 5.89. The molecule has 0 aromatic carbocycles. The van der Waals surface area contributed by atoms with Crippen LogP contribution in [0.1, 0.15) is 34.3 Å². The van der Waals surface area contributed by atoms with E-state index >= 15 is 0 Å². The van der Waals surface area contributed by atoms with Crippen LogP contribution in [0.3, 0.4) is 0 Å². The summed E-state index contributed by atoms with van der Waals surface area (Å²) in [5.74, 6) is 0.425. The van der Waals surface area contributed by atoms with Gasteiger partial charge >= 0.3 is 0 Å². The van der Waals surface area contributed by atoms with Crippen molar-refractivity contribution in [3.05, 3.63) is 40.3 Å². The first-order valence-corrected chi connectivity index (χ1v) is 6.03. The molecule has 2 heterocycles. The summed E-state index contributed by atoms with van der Waals surface area (Å²) in [5.41, 5.74) is 2.21. The first kappa shape index (κ1) is 11.0. The van der Waals surface area contributed by atoms with E-state index in [0.29, 0.717) is 5.92 Å². The zero-order chi connectivity index (χ0) is 11.5. The highest BCUT2D eigenvalue weighted by molar-refractivity contribution is 7.14. The number of thiophene rings is 1. The van der Waals surface area contributed by atoms with Crippen molar-refractivity contribution in [3.63, 3.8) is 0 Å². The predicted molar refractivity (Wildman–Crippen MR) is 67.0 cm³/mol. The molecule has 0 spiro atoms. The molecule has 0 radical (unpaired) electrons. The third-order valence-corrected chi connectivity index (χ3v) is 3.75. The zero-order valence-corrected chi connectivity index (χ0v) is 10.1. The quantitative estimate of drug-likeness (QED) is 0.753. The second kappa shape index (κ2) is 4.58. The maximum atomic E-state index is 10.8. The van der Waals surface area contributed by atoms with E-state index < -0.39 is 0 Å². The molecule has 0 atom stereocenters. The van der Waals surface area contributed by atoms with Gasteiger partial charge in [0.1, 0.15) is 0 Å². The Balaban J connectivity index is 2.55. The fourth-order valence-corrected chi connectivity index (χ4v) is 2.66. The summed E-state index contributed by atoms with van der Waals surface area (Å²) in [6.07, 6.45) is 4.50. The number of aldehydes is 1. The van der Waals surface area contributed by atoms with Gasteiger partial charge in [-0.15, -0.1) is 11.3 Å². The van der Waals surface area contributed by atoms with Crippen molar-refractivity contribution in [2.75, 3.05) is 0 Å². The third-order valence-electron chi connectivity index (χ3n) is 2.39. The van der Waals surface area contributed by atoms with E-state index in [4.69, 9.17) is 0 Å². The number of hydrogen-bond donors (Lipinski definition) is 0. The predicted octanol–water partition coefficient (Wildman–Crippen LogP) is 3.75. The minimum atomic E-state index is 0.425. The second-order valence-electron chi connectivity index (χ2n) is 3.94. The van der Waals surface area contributed by atoms with Crippen molar-refractivity contribution in [2.45, 2.75) is 19.8 Å². The Morgan fingerprint density at radius 1 is 1.44 bits per heavy atom. The molecule has 3 heteroatoms. The average molecular weight is 231 g/mol. The smallest absolute Gasteiger partial charge is 0.160 e. The summed E-state index contributed by atoms with van der Waals surface area (Å²) in [6.45, 7) is 4.28. The van der Waals surface area contributed by atoms with Gasteiger partial charge < -0.3 is 0 Å². The van der Waals surface area contributed by atoms with Crippen LogP contribution in [0, 0.1) is 0 Å². The van der Waals surface area contributed by atoms with Gasteiger partial charge in [-0.2, -0.15) is 0 Å². The lowest BCUT2D eigenvalue weighted by Gasteiger charge is -2.05. The van der Waals surface area contributed by atoms with Crippen molar-refractivity contribution in [1.29, 1.82) is 0 Å². The fourth-order valence-electron chi connectivity index (χ4n) is 1.66. The maximum Gasteiger partial charge on any atom is 0.160 e. The molecule has 0 bridgehead atoms. The Morgan fingerprint density at radius 3 is 2.81 bits per heavy atom. The highest BCUT2D eigenvalue weighted by Crippen LogP contribution is 2.35. The van der Waals surface area contributed by atoms with Gasteiger partial charge in [0.05, 0.1) is 4.88 Å². The topological polar surface area (TPSA) is 30.0 Å². The number of nitrogens with zero attached hydrogens (tertiary/aromatic N) is 1. The molecule has 0 unspecified atom stereocenters. The molecule has 0 amide bonds. The lowest BCUT2D eigenvalue weighted by atomic mass is 10.0. The first-order chi connectivity index (χ1) is 7.72. The van der Waals surface area contributed by atoms with Gasteiger partial charge in [-0.05, 0) is 23.6 Å². The van der Waals surface area contributed by atoms with Gasteiger partial charge in [0.15, 0.2) is 6.29 Å². The van der Waals surface area contributed by atoms with Crippen molar-refractivity contribution in [2.24, 2.45) is 0 Å². The van der Waals surface area contributed by atoms with Gasteiger partial charge in [0.2, 0.25) is 0 Å². The van der Waals surface area contributed by atoms with Gasteiger partial charge in [-0.3, -0.25) is 9.78 Å². The first-order valence-electron chi connectivity index (χ1n) is 5.21. The van der Waals surface area contributed by atoms with Crippen LogP contribution in [0.15, 0.2) is 30.6 Å². The minimum absolute atomic E-state index is 0.425. The Bertz CT molecular complexity index is 488. The van der Waals surface area contributed by atoms with Gasteiger partial charge in [-0.25, -0.2) is 0 Å². The van der Waals surface area contributed by atoms with Crippen LogP contribution in [0.5, 0.6) is 0 Å². The molecule has 0 N–H and O–H groups in total. The standard InChI is InChI=1S/C13H13NOS/c1-9(2)13-12(6-11(8-15)16-13)10-4-3-5-14-7-10/h3-9H,1-2H3. The molecule has 2 rings (SSSR count). The van der Waals surface area contributed by atoms with Crippen molar-refractivity contribution in [1.82, 2.24) is 4.98 Å². The number of carbonyl (C=O) groups is 1. The van der Waals surface area contributed by atoms with Gasteiger partial charge in [0, 0.05) is 22.8 Å². The molecule has 0 aliphatic carbocycles. The van der Waals surface area contributed by atoms with Crippen LogP contribution < -0.4 is 0 Å². The summed E-state index contributed by atoms with van der Waals surface area (Å²) >= 11 is 1.57. The fraction of sp³-hybridized carbons (Fsp3) is 0.231. The number of hydrogen-bond acceptors (Lipinski definition) is 3. The summed E-state index contributed by atoms with van der Waals surface area (Å²) in [5, 5.41) is 0. The largest absolute Gasteiger partial charge is 0.297 e. The molecule has 0 aliphatic rings. The number of pyridine rings is 1.